The SMILES string of the molecule is CCCCCCCCCCCCOS(=O)(=O)OCC(O)CO.[NaH]. The maximum atomic E-state index is 11.3. The van der Waals surface area contributed by atoms with Crippen LogP contribution in [-0.4, -0.2) is 74.1 Å². The first-order chi connectivity index (χ1) is 10.5. The molecule has 1 atom stereocenters. The van der Waals surface area contributed by atoms with Gasteiger partial charge in [-0.05, 0) is 6.42 Å². The summed E-state index contributed by atoms with van der Waals surface area (Å²) in [7, 11) is -4.07. The van der Waals surface area contributed by atoms with Crippen molar-refractivity contribution in [2.45, 2.75) is 77.2 Å². The summed E-state index contributed by atoms with van der Waals surface area (Å²) in [5.41, 5.74) is 0. The predicted octanol–water partition coefficient (Wildman–Crippen LogP) is 1.89. The van der Waals surface area contributed by atoms with Gasteiger partial charge in [0.1, 0.15) is 6.10 Å². The van der Waals surface area contributed by atoms with Gasteiger partial charge >= 0.3 is 40.0 Å². The standard InChI is InChI=1S/C15H32O6S.Na.H/c1-2-3-4-5-6-7-8-9-10-11-12-20-22(18,19)21-14-15(17)13-16;;/h15-17H,2-14H2,1H3;;. The third-order valence-corrected chi connectivity index (χ3v) is 4.22. The van der Waals surface area contributed by atoms with E-state index in [1.165, 1.54) is 44.9 Å². The number of hydrogen-bond donors (Lipinski definition) is 2. The fraction of sp³-hybridized carbons (Fsp3) is 1.00. The Morgan fingerprint density at radius 1 is 0.870 bits per heavy atom. The van der Waals surface area contributed by atoms with Crippen LogP contribution in [0.3, 0.4) is 0 Å². The summed E-state index contributed by atoms with van der Waals surface area (Å²) in [5, 5.41) is 17.5. The number of unbranched alkanes of at least 4 members (excludes halogenated alkanes) is 9. The van der Waals surface area contributed by atoms with Gasteiger partial charge in [0, 0.05) is 0 Å². The van der Waals surface area contributed by atoms with Crippen LogP contribution in [0.2, 0.25) is 0 Å². The van der Waals surface area contributed by atoms with E-state index in [1.54, 1.807) is 0 Å². The quantitative estimate of drug-likeness (QED) is 0.321. The Morgan fingerprint density at radius 3 is 1.83 bits per heavy atom. The van der Waals surface area contributed by atoms with Gasteiger partial charge in [-0.15, -0.1) is 0 Å². The van der Waals surface area contributed by atoms with Gasteiger partial charge in [0.25, 0.3) is 0 Å². The first kappa shape index (κ1) is 26.0. The van der Waals surface area contributed by atoms with E-state index in [-0.39, 0.29) is 36.2 Å². The molecular weight excluding hydrogens is 331 g/mol. The molecule has 0 heterocycles. The fourth-order valence-corrected chi connectivity index (χ4v) is 2.71. The minimum atomic E-state index is -4.07. The van der Waals surface area contributed by atoms with Gasteiger partial charge in [0.15, 0.2) is 0 Å². The third-order valence-electron chi connectivity index (χ3n) is 3.34. The molecule has 0 aromatic rings. The van der Waals surface area contributed by atoms with E-state index in [0.717, 1.165) is 12.8 Å². The summed E-state index contributed by atoms with van der Waals surface area (Å²) in [6, 6.07) is 0. The molecule has 0 spiro atoms. The molecule has 0 rings (SSSR count). The first-order valence-corrected chi connectivity index (χ1v) is 9.68. The van der Waals surface area contributed by atoms with Crippen molar-refractivity contribution in [3.8, 4) is 0 Å². The van der Waals surface area contributed by atoms with E-state index in [9.17, 15) is 8.42 Å². The van der Waals surface area contributed by atoms with Crippen LogP contribution in [0.15, 0.2) is 0 Å². The average Bonchev–Trinajstić information content (AvgIpc) is 2.50. The zero-order valence-corrected chi connectivity index (χ0v) is 14.5. The second-order valence-corrected chi connectivity index (χ2v) is 6.82. The Bertz CT molecular complexity index is 337. The van der Waals surface area contributed by atoms with Crippen molar-refractivity contribution in [1.29, 1.82) is 0 Å². The van der Waals surface area contributed by atoms with E-state index in [1.807, 2.05) is 0 Å². The van der Waals surface area contributed by atoms with Crippen LogP contribution in [-0.2, 0) is 18.8 Å². The van der Waals surface area contributed by atoms with Crippen LogP contribution < -0.4 is 0 Å². The summed E-state index contributed by atoms with van der Waals surface area (Å²) >= 11 is 0. The molecule has 23 heavy (non-hydrogen) atoms. The van der Waals surface area contributed by atoms with Crippen LogP contribution in [0.5, 0.6) is 0 Å². The molecule has 0 fully saturated rings. The molecule has 0 aromatic carbocycles. The Hall–Kier alpha value is 0.790. The van der Waals surface area contributed by atoms with Gasteiger partial charge in [-0.2, -0.15) is 8.42 Å². The maximum absolute atomic E-state index is 11.3. The van der Waals surface area contributed by atoms with Crippen molar-refractivity contribution in [3.63, 3.8) is 0 Å². The van der Waals surface area contributed by atoms with Crippen LogP contribution in [0.25, 0.3) is 0 Å². The Labute approximate surface area is 163 Å². The van der Waals surface area contributed by atoms with E-state index in [4.69, 9.17) is 10.2 Å². The van der Waals surface area contributed by atoms with Crippen LogP contribution in [0.1, 0.15) is 71.1 Å². The van der Waals surface area contributed by atoms with Crippen molar-refractivity contribution in [2.24, 2.45) is 0 Å². The first-order valence-electron chi connectivity index (χ1n) is 8.34. The Balaban J connectivity index is 0. The Morgan fingerprint density at radius 2 is 1.35 bits per heavy atom. The molecule has 6 nitrogen and oxygen atoms in total. The monoisotopic (exact) mass is 364 g/mol. The van der Waals surface area contributed by atoms with Gasteiger partial charge in [0.05, 0.1) is 19.8 Å². The number of aliphatic hydroxyl groups is 2. The summed E-state index contributed by atoms with van der Waals surface area (Å²) in [6.45, 7) is 1.26. The molecule has 8 heteroatoms. The second kappa shape index (κ2) is 17.6. The molecule has 0 amide bonds. The van der Waals surface area contributed by atoms with Gasteiger partial charge in [-0.25, -0.2) is 8.37 Å². The van der Waals surface area contributed by atoms with Crippen molar-refractivity contribution in [1.82, 2.24) is 0 Å². The van der Waals surface area contributed by atoms with Crippen LogP contribution in [0.4, 0.5) is 0 Å². The molecule has 0 aliphatic carbocycles. The van der Waals surface area contributed by atoms with Gasteiger partial charge in [-0.3, -0.25) is 0 Å². The summed E-state index contributed by atoms with van der Waals surface area (Å²) in [4.78, 5) is 0. The van der Waals surface area contributed by atoms with Crippen molar-refractivity contribution >= 4 is 40.0 Å². The molecule has 0 saturated heterocycles. The fourth-order valence-electron chi connectivity index (χ4n) is 2.00. The zero-order valence-electron chi connectivity index (χ0n) is 13.7. The van der Waals surface area contributed by atoms with Gasteiger partial charge < -0.3 is 10.2 Å². The number of aliphatic hydroxyl groups excluding tert-OH is 2. The molecule has 0 aromatic heterocycles. The van der Waals surface area contributed by atoms with Gasteiger partial charge in [0.2, 0.25) is 0 Å². The number of rotatable bonds is 16. The van der Waals surface area contributed by atoms with Crippen molar-refractivity contribution < 1.29 is 27.0 Å². The summed E-state index contributed by atoms with van der Waals surface area (Å²) in [5.74, 6) is 0. The Kier molecular flexibility index (Phi) is 19.9. The van der Waals surface area contributed by atoms with E-state index >= 15 is 0 Å². The third kappa shape index (κ3) is 19.0. The normalized spacial score (nSPS) is 12.8. The molecule has 0 radical (unpaired) electrons. The number of hydrogen-bond acceptors (Lipinski definition) is 6. The molecule has 136 valence electrons. The molecule has 0 saturated carbocycles. The van der Waals surface area contributed by atoms with Crippen LogP contribution >= 0.6 is 0 Å². The minimum absolute atomic E-state index is 0. The topological polar surface area (TPSA) is 93.1 Å². The summed E-state index contributed by atoms with van der Waals surface area (Å²) < 4.78 is 31.6. The van der Waals surface area contributed by atoms with Crippen molar-refractivity contribution in [2.75, 3.05) is 19.8 Å². The molecule has 0 aliphatic heterocycles. The predicted molar refractivity (Wildman–Crippen MR) is 92.9 cm³/mol. The zero-order chi connectivity index (χ0) is 16.7. The molecule has 1 unspecified atom stereocenters. The van der Waals surface area contributed by atoms with E-state index in [0.29, 0.717) is 6.42 Å². The van der Waals surface area contributed by atoms with Crippen molar-refractivity contribution in [3.05, 3.63) is 0 Å². The molecule has 0 bridgehead atoms. The second-order valence-electron chi connectivity index (χ2n) is 5.53. The van der Waals surface area contributed by atoms with Crippen LogP contribution in [0, 0.1) is 0 Å². The molecule has 2 N–H and O–H groups in total. The summed E-state index contributed by atoms with van der Waals surface area (Å²) in [6.07, 6.45) is 10.4. The average molecular weight is 364 g/mol. The molecule has 0 aliphatic rings. The van der Waals surface area contributed by atoms with Gasteiger partial charge in [-0.1, -0.05) is 64.7 Å². The van der Waals surface area contributed by atoms with E-state index < -0.39 is 29.7 Å². The van der Waals surface area contributed by atoms with E-state index in [2.05, 4.69) is 15.3 Å². The molecular formula is C15H33NaO6S.